The molecule has 2 aromatic rings. The van der Waals surface area contributed by atoms with E-state index in [0.29, 0.717) is 29.2 Å². The van der Waals surface area contributed by atoms with Gasteiger partial charge in [-0.05, 0) is 43.2 Å². The third-order valence-corrected chi connectivity index (χ3v) is 5.96. The predicted octanol–water partition coefficient (Wildman–Crippen LogP) is 1.50. The van der Waals surface area contributed by atoms with Gasteiger partial charge in [0.15, 0.2) is 11.5 Å². The molecule has 0 fully saturated rings. The summed E-state index contributed by atoms with van der Waals surface area (Å²) >= 11 is 0. The topological polar surface area (TPSA) is 153 Å². The van der Waals surface area contributed by atoms with Crippen molar-refractivity contribution in [3.8, 4) is 11.5 Å². The molecule has 0 spiro atoms. The zero-order valence-corrected chi connectivity index (χ0v) is 20.9. The highest BCUT2D eigenvalue weighted by molar-refractivity contribution is 7.90. The Bertz CT molecular complexity index is 1210. The van der Waals surface area contributed by atoms with E-state index >= 15 is 0 Å². The van der Waals surface area contributed by atoms with Gasteiger partial charge >= 0.3 is 0 Å². The van der Waals surface area contributed by atoms with Crippen LogP contribution in [0.4, 0.5) is 0 Å². The van der Waals surface area contributed by atoms with Crippen LogP contribution in [0.5, 0.6) is 11.5 Å². The summed E-state index contributed by atoms with van der Waals surface area (Å²) in [5, 5.41) is 7.57. The van der Waals surface area contributed by atoms with E-state index in [1.165, 1.54) is 13.2 Å². The van der Waals surface area contributed by atoms with Gasteiger partial charge in [-0.3, -0.25) is 19.3 Å². The fraction of sp³-hybridized carbons (Fsp3) is 0.375. The third kappa shape index (κ3) is 6.58. The molecular weight excluding hydrogens is 476 g/mol. The number of primary amides is 1. The van der Waals surface area contributed by atoms with Crippen molar-refractivity contribution in [2.75, 3.05) is 32.3 Å². The lowest BCUT2D eigenvalue weighted by atomic mass is 10.0. The maximum Gasteiger partial charge on any atom is 0.262 e. The smallest absolute Gasteiger partial charge is 0.262 e. The highest BCUT2D eigenvalue weighted by atomic mass is 32.2. The van der Waals surface area contributed by atoms with Gasteiger partial charge in [0.25, 0.3) is 11.8 Å². The van der Waals surface area contributed by atoms with Gasteiger partial charge in [0.05, 0.1) is 43.1 Å². The van der Waals surface area contributed by atoms with Gasteiger partial charge in [-0.25, -0.2) is 8.42 Å². The molecule has 10 nitrogen and oxygen atoms in total. The molecule has 1 aliphatic rings. The van der Waals surface area contributed by atoms with E-state index in [4.69, 9.17) is 20.3 Å². The molecule has 1 heterocycles. The number of nitrogens with zero attached hydrogens (tertiary/aromatic N) is 1. The molecular formula is C24H30N2O8S. The van der Waals surface area contributed by atoms with Crippen molar-refractivity contribution in [2.45, 2.75) is 26.3 Å². The third-order valence-electron chi connectivity index (χ3n) is 5.04. The number of sulfone groups is 1. The van der Waals surface area contributed by atoms with Crippen LogP contribution in [0.15, 0.2) is 36.4 Å². The second-order valence-electron chi connectivity index (χ2n) is 7.73. The van der Waals surface area contributed by atoms with Crippen LogP contribution in [0, 0.1) is 0 Å². The lowest BCUT2D eigenvalue weighted by Gasteiger charge is -2.27. The summed E-state index contributed by atoms with van der Waals surface area (Å²) in [6, 6.07) is 8.20. The molecule has 3 rings (SSSR count). The van der Waals surface area contributed by atoms with Crippen LogP contribution in [0.1, 0.15) is 51.7 Å². The highest BCUT2D eigenvalue weighted by Crippen LogP contribution is 2.37. The van der Waals surface area contributed by atoms with E-state index in [9.17, 15) is 22.8 Å². The minimum atomic E-state index is -3.61. The highest BCUT2D eigenvalue weighted by Gasteiger charge is 2.43. The number of carbonyl (C=O) groups is 3. The molecule has 0 unspecified atom stereocenters. The number of benzene rings is 2. The average molecular weight is 507 g/mol. The Labute approximate surface area is 204 Å². The molecule has 11 heteroatoms. The molecule has 2 aromatic carbocycles. The van der Waals surface area contributed by atoms with Crippen molar-refractivity contribution in [2.24, 2.45) is 5.73 Å². The van der Waals surface area contributed by atoms with Crippen LogP contribution in [-0.2, 0) is 21.1 Å². The molecule has 1 atom stereocenters. The molecule has 0 saturated carbocycles. The summed E-state index contributed by atoms with van der Waals surface area (Å²) in [6.45, 7) is 4.05. The standard InChI is InChI=1S/C22H24N2O7S.C2H6O/c1-4-31-18-10-13(8-9-17(18)30-2)16(12-32(3,28)29)24-21(26)15-7-5-6-14(11-19(23)25)20(15)22(24)27;1-2-3/h5-10,16H,4,11-12H2,1-3H3,(H2,23,25);3H,2H2,1H3/t16-;/m1./s1. The van der Waals surface area contributed by atoms with Crippen LogP contribution >= 0.6 is 0 Å². The number of fused-ring (bicyclic) bond motifs is 1. The summed E-state index contributed by atoms with van der Waals surface area (Å²) in [7, 11) is -2.14. The number of hydrogen-bond donors (Lipinski definition) is 2. The first kappa shape index (κ1) is 27.8. The Morgan fingerprint density at radius 2 is 1.77 bits per heavy atom. The monoisotopic (exact) mass is 506 g/mol. The molecule has 35 heavy (non-hydrogen) atoms. The fourth-order valence-corrected chi connectivity index (χ4v) is 4.68. The van der Waals surface area contributed by atoms with E-state index in [1.54, 1.807) is 44.2 Å². The number of hydrogen-bond acceptors (Lipinski definition) is 8. The van der Waals surface area contributed by atoms with Crippen LogP contribution < -0.4 is 15.2 Å². The van der Waals surface area contributed by atoms with Gasteiger partial charge in [0.1, 0.15) is 9.84 Å². The second kappa shape index (κ2) is 11.8. The van der Waals surface area contributed by atoms with Crippen LogP contribution in [-0.4, -0.2) is 68.5 Å². The van der Waals surface area contributed by atoms with E-state index in [0.717, 1.165) is 11.2 Å². The minimum Gasteiger partial charge on any atom is -0.493 e. The number of carbonyl (C=O) groups excluding carboxylic acids is 3. The summed E-state index contributed by atoms with van der Waals surface area (Å²) < 4.78 is 35.3. The number of methoxy groups -OCH3 is 1. The van der Waals surface area contributed by atoms with Gasteiger partial charge < -0.3 is 20.3 Å². The number of aliphatic hydroxyl groups is 1. The van der Waals surface area contributed by atoms with Gasteiger partial charge in [0.2, 0.25) is 5.91 Å². The summed E-state index contributed by atoms with van der Waals surface area (Å²) in [5.41, 5.74) is 6.16. The van der Waals surface area contributed by atoms with Gasteiger partial charge in [0, 0.05) is 12.9 Å². The summed E-state index contributed by atoms with van der Waals surface area (Å²) in [4.78, 5) is 38.9. The summed E-state index contributed by atoms with van der Waals surface area (Å²) in [6.07, 6.45) is 0.813. The van der Waals surface area contributed by atoms with Crippen molar-refractivity contribution in [1.29, 1.82) is 0 Å². The largest absolute Gasteiger partial charge is 0.493 e. The van der Waals surface area contributed by atoms with Gasteiger partial charge in [-0.1, -0.05) is 18.2 Å². The molecule has 0 radical (unpaired) electrons. The molecule has 190 valence electrons. The van der Waals surface area contributed by atoms with E-state index < -0.39 is 39.4 Å². The lowest BCUT2D eigenvalue weighted by molar-refractivity contribution is -0.117. The summed E-state index contributed by atoms with van der Waals surface area (Å²) in [5.74, 6) is -1.66. The number of ether oxygens (including phenoxy) is 2. The SMILES string of the molecule is CCO.CCOc1cc([C@@H](CS(C)(=O)=O)N2C(=O)c3cccc(CC(N)=O)c3C2=O)ccc1OC. The minimum absolute atomic E-state index is 0.0633. The molecule has 1 aliphatic heterocycles. The van der Waals surface area contributed by atoms with Crippen molar-refractivity contribution in [3.63, 3.8) is 0 Å². The average Bonchev–Trinajstić information content (AvgIpc) is 3.03. The fourth-order valence-electron chi connectivity index (χ4n) is 3.77. The lowest BCUT2D eigenvalue weighted by Crippen LogP contribution is -2.38. The Balaban J connectivity index is 0.00000137. The van der Waals surface area contributed by atoms with Crippen molar-refractivity contribution >= 4 is 27.6 Å². The normalized spacial score (nSPS) is 13.6. The molecule has 3 N–H and O–H groups in total. The number of imide groups is 1. The first-order valence-electron chi connectivity index (χ1n) is 10.9. The number of rotatable bonds is 9. The van der Waals surface area contributed by atoms with E-state index in [-0.39, 0.29) is 24.2 Å². The Morgan fingerprint density at radius 3 is 2.31 bits per heavy atom. The number of nitrogens with two attached hydrogens (primary N) is 1. The molecule has 0 saturated heterocycles. The Morgan fingerprint density at radius 1 is 1.11 bits per heavy atom. The predicted molar refractivity (Wildman–Crippen MR) is 129 cm³/mol. The van der Waals surface area contributed by atoms with Crippen molar-refractivity contribution < 1.29 is 37.4 Å². The first-order valence-corrected chi connectivity index (χ1v) is 12.9. The molecule has 0 aliphatic carbocycles. The molecule has 0 bridgehead atoms. The maximum absolute atomic E-state index is 13.3. The second-order valence-corrected chi connectivity index (χ2v) is 9.92. The van der Waals surface area contributed by atoms with Crippen molar-refractivity contribution in [1.82, 2.24) is 4.90 Å². The van der Waals surface area contributed by atoms with Crippen molar-refractivity contribution in [3.05, 3.63) is 58.7 Å². The Hall–Kier alpha value is -3.44. The van der Waals surface area contributed by atoms with Crippen LogP contribution in [0.25, 0.3) is 0 Å². The number of amides is 3. The van der Waals surface area contributed by atoms with Crippen LogP contribution in [0.2, 0.25) is 0 Å². The zero-order valence-electron chi connectivity index (χ0n) is 20.1. The zero-order chi connectivity index (χ0) is 26.3. The van der Waals surface area contributed by atoms with E-state index in [1.807, 2.05) is 0 Å². The quantitative estimate of drug-likeness (QED) is 0.485. The molecule has 0 aromatic heterocycles. The first-order chi connectivity index (χ1) is 16.5. The van der Waals surface area contributed by atoms with Gasteiger partial charge in [-0.15, -0.1) is 0 Å². The van der Waals surface area contributed by atoms with Crippen LogP contribution in [0.3, 0.4) is 0 Å². The number of aliphatic hydroxyl groups excluding tert-OH is 1. The van der Waals surface area contributed by atoms with Gasteiger partial charge in [-0.2, -0.15) is 0 Å². The maximum atomic E-state index is 13.3. The molecule has 3 amide bonds. The Kier molecular flexibility index (Phi) is 9.38. The van der Waals surface area contributed by atoms with E-state index in [2.05, 4.69) is 0 Å².